The molecule has 0 spiro atoms. The van der Waals surface area contributed by atoms with Crippen molar-refractivity contribution >= 4 is 21.6 Å². The predicted molar refractivity (Wildman–Crippen MR) is 68.2 cm³/mol. The second-order valence-electron chi connectivity index (χ2n) is 4.05. The molecule has 0 saturated carbocycles. The molecule has 2 nitrogen and oxygen atoms in total. The van der Waals surface area contributed by atoms with E-state index in [9.17, 15) is 0 Å². The topological polar surface area (TPSA) is 24.1 Å². The van der Waals surface area contributed by atoms with E-state index in [1.807, 2.05) is 6.07 Å². The largest absolute Gasteiger partial charge is 0.384 e. The first-order valence-corrected chi connectivity index (χ1v) is 6.34. The minimum atomic E-state index is 0.818. The van der Waals surface area contributed by atoms with E-state index in [1.165, 1.54) is 31.6 Å². The third-order valence-electron chi connectivity index (χ3n) is 2.91. The van der Waals surface area contributed by atoms with Crippen LogP contribution in [0.2, 0.25) is 0 Å². The number of halogens is 1. The average molecular weight is 269 g/mol. The number of benzene rings is 1. The Balaban J connectivity index is 1.84. The predicted octanol–water partition coefficient (Wildman–Crippen LogP) is 2.86. The molecule has 0 aliphatic carbocycles. The van der Waals surface area contributed by atoms with Gasteiger partial charge < -0.3 is 10.6 Å². The Labute approximate surface area is 99.6 Å². The Bertz CT molecular complexity index is 308. The highest BCUT2D eigenvalue weighted by Crippen LogP contribution is 2.22. The van der Waals surface area contributed by atoms with Crippen LogP contribution in [-0.4, -0.2) is 19.6 Å². The first-order valence-electron chi connectivity index (χ1n) is 5.55. The van der Waals surface area contributed by atoms with E-state index in [0.717, 1.165) is 16.9 Å². The molecule has 0 atom stereocenters. The van der Waals surface area contributed by atoms with Crippen molar-refractivity contribution in [2.45, 2.75) is 12.8 Å². The van der Waals surface area contributed by atoms with Gasteiger partial charge in [0.1, 0.15) is 0 Å². The maximum Gasteiger partial charge on any atom is 0.0484 e. The third kappa shape index (κ3) is 3.21. The van der Waals surface area contributed by atoms with Gasteiger partial charge in [0.15, 0.2) is 0 Å². The van der Waals surface area contributed by atoms with Crippen molar-refractivity contribution in [3.63, 3.8) is 0 Å². The van der Waals surface area contributed by atoms with Gasteiger partial charge in [-0.15, -0.1) is 0 Å². The molecule has 1 fully saturated rings. The number of hydrogen-bond donors (Lipinski definition) is 2. The van der Waals surface area contributed by atoms with Crippen LogP contribution < -0.4 is 10.6 Å². The standard InChI is InChI=1S/C12H17BrN2/c13-11-3-1-2-4-12(11)15-9-10-5-7-14-8-6-10/h1-4,10,14-15H,5-9H2. The van der Waals surface area contributed by atoms with Crippen LogP contribution in [0.3, 0.4) is 0 Å². The SMILES string of the molecule is Brc1ccccc1NCC1CCNCC1. The highest BCUT2D eigenvalue weighted by atomic mass is 79.9. The summed E-state index contributed by atoms with van der Waals surface area (Å²) < 4.78 is 1.15. The minimum Gasteiger partial charge on any atom is -0.384 e. The van der Waals surface area contributed by atoms with Gasteiger partial charge in [0.25, 0.3) is 0 Å². The van der Waals surface area contributed by atoms with E-state index >= 15 is 0 Å². The van der Waals surface area contributed by atoms with Crippen LogP contribution in [0.4, 0.5) is 5.69 Å². The zero-order valence-electron chi connectivity index (χ0n) is 8.80. The molecule has 1 aromatic carbocycles. The fourth-order valence-electron chi connectivity index (χ4n) is 1.94. The highest BCUT2D eigenvalue weighted by Gasteiger charge is 2.12. The van der Waals surface area contributed by atoms with Gasteiger partial charge >= 0.3 is 0 Å². The van der Waals surface area contributed by atoms with Gasteiger partial charge in [-0.25, -0.2) is 0 Å². The molecule has 0 amide bonds. The van der Waals surface area contributed by atoms with Crippen molar-refractivity contribution in [3.8, 4) is 0 Å². The normalized spacial score (nSPS) is 17.7. The maximum atomic E-state index is 3.55. The lowest BCUT2D eigenvalue weighted by Crippen LogP contribution is -2.31. The molecule has 0 radical (unpaired) electrons. The van der Waals surface area contributed by atoms with Crippen LogP contribution in [0, 0.1) is 5.92 Å². The van der Waals surface area contributed by atoms with Gasteiger partial charge in [-0.1, -0.05) is 12.1 Å². The van der Waals surface area contributed by atoms with Crippen LogP contribution in [0.25, 0.3) is 0 Å². The van der Waals surface area contributed by atoms with Crippen LogP contribution in [-0.2, 0) is 0 Å². The van der Waals surface area contributed by atoms with E-state index in [1.54, 1.807) is 0 Å². The lowest BCUT2D eigenvalue weighted by Gasteiger charge is -2.23. The van der Waals surface area contributed by atoms with E-state index in [4.69, 9.17) is 0 Å². The molecule has 82 valence electrons. The molecule has 2 N–H and O–H groups in total. The van der Waals surface area contributed by atoms with Gasteiger partial charge in [0.2, 0.25) is 0 Å². The molecule has 0 aromatic heterocycles. The molecule has 0 bridgehead atoms. The summed E-state index contributed by atoms with van der Waals surface area (Å²) in [4.78, 5) is 0. The van der Waals surface area contributed by atoms with Crippen LogP contribution in [0.15, 0.2) is 28.7 Å². The Morgan fingerprint density at radius 2 is 2.00 bits per heavy atom. The molecular formula is C12H17BrN2. The molecule has 1 aromatic rings. The molecule has 3 heteroatoms. The number of rotatable bonds is 3. The number of anilines is 1. The number of nitrogens with one attached hydrogen (secondary N) is 2. The van der Waals surface area contributed by atoms with Gasteiger partial charge in [0.05, 0.1) is 0 Å². The smallest absolute Gasteiger partial charge is 0.0484 e. The molecule has 15 heavy (non-hydrogen) atoms. The fraction of sp³-hybridized carbons (Fsp3) is 0.500. The van der Waals surface area contributed by atoms with Crippen LogP contribution >= 0.6 is 15.9 Å². The summed E-state index contributed by atoms with van der Waals surface area (Å²) >= 11 is 3.55. The molecule has 2 rings (SSSR count). The van der Waals surface area contributed by atoms with E-state index in [2.05, 4.69) is 44.8 Å². The first-order chi connectivity index (χ1) is 7.36. The Hall–Kier alpha value is -0.540. The summed E-state index contributed by atoms with van der Waals surface area (Å²) in [6, 6.07) is 8.30. The second-order valence-corrected chi connectivity index (χ2v) is 4.91. The van der Waals surface area contributed by atoms with Crippen molar-refractivity contribution in [1.82, 2.24) is 5.32 Å². The van der Waals surface area contributed by atoms with Crippen LogP contribution in [0.5, 0.6) is 0 Å². The summed E-state index contributed by atoms with van der Waals surface area (Å²) in [5.74, 6) is 0.818. The monoisotopic (exact) mass is 268 g/mol. The summed E-state index contributed by atoms with van der Waals surface area (Å²) in [5, 5.41) is 6.90. The molecule has 0 unspecified atom stereocenters. The number of para-hydroxylation sites is 1. The molecule has 1 heterocycles. The van der Waals surface area contributed by atoms with Gasteiger partial charge in [-0.2, -0.15) is 0 Å². The van der Waals surface area contributed by atoms with Gasteiger partial charge in [-0.3, -0.25) is 0 Å². The van der Waals surface area contributed by atoms with E-state index < -0.39 is 0 Å². The van der Waals surface area contributed by atoms with Gasteiger partial charge in [0, 0.05) is 16.7 Å². The second kappa shape index (κ2) is 5.52. The molecule has 1 aliphatic rings. The number of hydrogen-bond acceptors (Lipinski definition) is 2. The third-order valence-corrected chi connectivity index (χ3v) is 3.61. The zero-order chi connectivity index (χ0) is 10.5. The Kier molecular flexibility index (Phi) is 4.03. The minimum absolute atomic E-state index is 0.818. The zero-order valence-corrected chi connectivity index (χ0v) is 10.4. The quantitative estimate of drug-likeness (QED) is 0.881. The summed E-state index contributed by atoms with van der Waals surface area (Å²) in [6.07, 6.45) is 2.58. The summed E-state index contributed by atoms with van der Waals surface area (Å²) in [6.45, 7) is 3.43. The van der Waals surface area contributed by atoms with Gasteiger partial charge in [-0.05, 0) is 59.9 Å². The Morgan fingerprint density at radius 1 is 1.27 bits per heavy atom. The first kappa shape index (κ1) is 11.0. The molecular weight excluding hydrogens is 252 g/mol. The van der Waals surface area contributed by atoms with E-state index in [0.29, 0.717) is 0 Å². The summed E-state index contributed by atoms with van der Waals surface area (Å²) in [7, 11) is 0. The van der Waals surface area contributed by atoms with Crippen molar-refractivity contribution in [3.05, 3.63) is 28.7 Å². The highest BCUT2D eigenvalue weighted by molar-refractivity contribution is 9.10. The van der Waals surface area contributed by atoms with Crippen LogP contribution in [0.1, 0.15) is 12.8 Å². The number of piperidine rings is 1. The van der Waals surface area contributed by atoms with E-state index in [-0.39, 0.29) is 0 Å². The maximum absolute atomic E-state index is 3.55. The average Bonchev–Trinajstić information content (AvgIpc) is 2.29. The summed E-state index contributed by atoms with van der Waals surface area (Å²) in [5.41, 5.74) is 1.20. The lowest BCUT2D eigenvalue weighted by molar-refractivity contribution is 0.390. The van der Waals surface area contributed by atoms with Crippen molar-refractivity contribution in [1.29, 1.82) is 0 Å². The van der Waals surface area contributed by atoms with Crippen molar-refractivity contribution in [2.24, 2.45) is 5.92 Å². The molecule has 1 aliphatic heterocycles. The van der Waals surface area contributed by atoms with Crippen molar-refractivity contribution < 1.29 is 0 Å². The van der Waals surface area contributed by atoms with Crippen molar-refractivity contribution in [2.75, 3.05) is 25.0 Å². The lowest BCUT2D eigenvalue weighted by atomic mass is 9.98. The fourth-order valence-corrected chi connectivity index (χ4v) is 2.37. The Morgan fingerprint density at radius 3 is 2.73 bits per heavy atom. The molecule has 1 saturated heterocycles.